The van der Waals surface area contributed by atoms with Gasteiger partial charge in [-0.1, -0.05) is 661 Å². The van der Waals surface area contributed by atoms with E-state index in [1.165, 1.54) is 0 Å². The first-order chi connectivity index (χ1) is 0. The van der Waals surface area contributed by atoms with Crippen LogP contribution in [0.4, 0.5) is 0 Å². The van der Waals surface area contributed by atoms with Crippen LogP contribution in [0, 0.1) is 0 Å². The van der Waals surface area contributed by atoms with Gasteiger partial charge in [0.2, 0.25) is 0 Å². The van der Waals surface area contributed by atoms with Gasteiger partial charge in [0, 0.05) is 0 Å². The normalized spacial score (nSPS) is 0. The van der Waals surface area contributed by atoms with Crippen molar-refractivity contribution in [1.29, 1.82) is 0 Å². The lowest BCUT2D eigenvalue weighted by molar-refractivity contribution is 2.50. The SMILES string of the molecule is C.C.C.C.C.C.C.C.C.C.C.C.C.C.C.C.C.C.C.C.C.C.C.C.C.C.C.C.C.C.C.C.C.C.C.C.C.C.C.C.C.C.C.C.C.C.C.C.C.C.C.C.C.C.C.C.C.C.C.C.C.C.C.C.C.C.C.C.C.C.C.C.C.C.C.C.C.C.C.C.C.C.C.C.C.C.C.C.C. The fraction of sp³-hybridized carbons (Fsp3) is 1.00. The molecule has 0 rings (SSSR count). The quantitative estimate of drug-likeness (QED) is 0.227. The van der Waals surface area contributed by atoms with E-state index in [0.717, 1.165) is 0 Å². The molecule has 0 spiro atoms. The van der Waals surface area contributed by atoms with E-state index < -0.39 is 0 Å². The van der Waals surface area contributed by atoms with E-state index in [-0.39, 0.29) is 661 Å². The topological polar surface area (TPSA) is 0 Å². The summed E-state index contributed by atoms with van der Waals surface area (Å²) in [5.41, 5.74) is 0. The molecule has 0 saturated heterocycles. The van der Waals surface area contributed by atoms with Gasteiger partial charge in [-0.25, -0.2) is 0 Å². The predicted molar refractivity (Wildman–Crippen MR) is 599 cm³/mol. The third-order valence-corrected chi connectivity index (χ3v) is 0. The van der Waals surface area contributed by atoms with Crippen molar-refractivity contribution in [2.24, 2.45) is 0 Å². The summed E-state index contributed by atoms with van der Waals surface area (Å²) in [7, 11) is 0. The Morgan fingerprint density at radius 3 is 0.0112 bits per heavy atom. The number of hydrogen-bond donors (Lipinski definition) is 0. The molecule has 0 aromatic rings. The third-order valence-electron chi connectivity index (χ3n) is 0. The second kappa shape index (κ2) is 0. The molecule has 0 N–H and O–H groups in total. The Kier molecular flexibility index (Phi) is 0. The van der Waals surface area contributed by atoms with Gasteiger partial charge in [-0.2, -0.15) is 0 Å². The van der Waals surface area contributed by atoms with Crippen LogP contribution in [0.15, 0.2) is 0 Å². The number of rotatable bonds is 0. The Labute approximate surface area is 657 Å². The molecular formula is C89H356. The Bertz CT molecular complexity index is 0. The molecule has 0 heteroatoms. The first-order valence-corrected chi connectivity index (χ1v) is 0. The van der Waals surface area contributed by atoms with Crippen LogP contribution in [0.1, 0.15) is 661 Å². The van der Waals surface area contributed by atoms with Crippen LogP contribution >= 0.6 is 0 Å². The van der Waals surface area contributed by atoms with Crippen molar-refractivity contribution in [3.8, 4) is 0 Å². The van der Waals surface area contributed by atoms with Gasteiger partial charge in [-0.3, -0.25) is 0 Å². The van der Waals surface area contributed by atoms with Crippen molar-refractivity contribution >= 4 is 0 Å². The van der Waals surface area contributed by atoms with Crippen LogP contribution in [-0.2, 0) is 0 Å². The monoisotopic (exact) mass is 1430 g/mol. The first-order valence-electron chi connectivity index (χ1n) is 0. The molecule has 0 aromatic heterocycles. The third kappa shape index (κ3) is 0. The van der Waals surface area contributed by atoms with Crippen LogP contribution < -0.4 is 0 Å². The van der Waals surface area contributed by atoms with E-state index in [1.807, 2.05) is 0 Å². The molecule has 0 saturated carbocycles. The summed E-state index contributed by atoms with van der Waals surface area (Å²) < 4.78 is 0. The summed E-state index contributed by atoms with van der Waals surface area (Å²) in [5.74, 6) is 0. The molecular weight excluding hydrogens is 1070 g/mol. The molecule has 0 aliphatic rings. The zero-order valence-corrected chi connectivity index (χ0v) is 0. The highest BCUT2D eigenvalue weighted by molar-refractivity contribution is 2.59. The Morgan fingerprint density at radius 2 is 0.0112 bits per heavy atom. The lowest BCUT2D eigenvalue weighted by Gasteiger charge is -0.0786. The zero-order valence-electron chi connectivity index (χ0n) is 0. The second-order valence-corrected chi connectivity index (χ2v) is 0. The van der Waals surface area contributed by atoms with Crippen molar-refractivity contribution < 1.29 is 0 Å². The fourth-order valence-corrected chi connectivity index (χ4v) is 0. The summed E-state index contributed by atoms with van der Waals surface area (Å²) in [6.45, 7) is 0. The molecule has 0 aromatic carbocycles. The molecule has 0 unspecified atom stereocenters. The lowest BCUT2D eigenvalue weighted by atomic mass is 12.0. The van der Waals surface area contributed by atoms with Crippen molar-refractivity contribution in [3.05, 3.63) is 0 Å². The molecule has 0 atom stereocenters. The number of hydrogen-bond acceptors (Lipinski definition) is 0. The van der Waals surface area contributed by atoms with Crippen LogP contribution in [0.2, 0.25) is 0 Å². The highest BCUT2D eigenvalue weighted by atomic mass is 12.1. The van der Waals surface area contributed by atoms with Crippen molar-refractivity contribution in [1.82, 2.24) is 0 Å². The van der Waals surface area contributed by atoms with Gasteiger partial charge in [0.1, 0.15) is 0 Å². The van der Waals surface area contributed by atoms with Crippen LogP contribution in [0.5, 0.6) is 0 Å². The molecule has 0 aliphatic carbocycles. The Balaban J connectivity index is 0. The highest BCUT2D eigenvalue weighted by Crippen LogP contribution is 0.232. The standard InChI is InChI=1S/89CH4/h89*1H4. The minimum atomic E-state index is 0. The van der Waals surface area contributed by atoms with Gasteiger partial charge in [-0.15, -0.1) is 0 Å². The summed E-state index contributed by atoms with van der Waals surface area (Å²) in [6.07, 6.45) is 0. The summed E-state index contributed by atoms with van der Waals surface area (Å²) in [6, 6.07) is 0. The fourth-order valence-electron chi connectivity index (χ4n) is 0. The van der Waals surface area contributed by atoms with Gasteiger partial charge in [0.05, 0.1) is 0 Å². The van der Waals surface area contributed by atoms with E-state index in [4.69, 9.17) is 0 Å². The maximum absolute atomic E-state index is 0. The zero-order chi connectivity index (χ0) is 0. The largest absolute Gasteiger partial charge is 0.0776 e. The Morgan fingerprint density at radius 1 is 0.0112 bits per heavy atom. The smallest absolute Gasteiger partial charge is 0.0776 e. The molecule has 0 aliphatic heterocycles. The van der Waals surface area contributed by atoms with Crippen molar-refractivity contribution in [3.63, 3.8) is 0 Å². The maximum atomic E-state index is 0. The molecule has 0 heterocycles. The van der Waals surface area contributed by atoms with E-state index in [9.17, 15) is 0 Å². The van der Waals surface area contributed by atoms with E-state index >= 15 is 0 Å². The minimum Gasteiger partial charge on any atom is -0.0776 e. The van der Waals surface area contributed by atoms with Crippen molar-refractivity contribution in [2.75, 3.05) is 0 Å². The molecule has 0 nitrogen and oxygen atoms in total. The van der Waals surface area contributed by atoms with Crippen LogP contribution in [0.3, 0.4) is 0 Å². The molecule has 0 amide bonds. The molecule has 0 radical (unpaired) electrons. The molecule has 89 heavy (non-hydrogen) atoms. The molecule has 0 bridgehead atoms. The first kappa shape index (κ1) is 0. The van der Waals surface area contributed by atoms with Crippen molar-refractivity contribution in [2.45, 2.75) is 661 Å². The van der Waals surface area contributed by atoms with Gasteiger partial charge < -0.3 is 0 Å². The van der Waals surface area contributed by atoms with E-state index in [2.05, 4.69) is 0 Å². The van der Waals surface area contributed by atoms with Crippen LogP contribution in [-0.4, -0.2) is 0 Å². The van der Waals surface area contributed by atoms with E-state index in [1.54, 1.807) is 0 Å². The average molecular weight is 1430 g/mol. The van der Waals surface area contributed by atoms with Gasteiger partial charge in [0.25, 0.3) is 0 Å². The van der Waals surface area contributed by atoms with E-state index in [0.29, 0.717) is 0 Å². The van der Waals surface area contributed by atoms with Crippen LogP contribution in [0.25, 0.3) is 0 Å². The summed E-state index contributed by atoms with van der Waals surface area (Å²) in [5, 5.41) is 0. The lowest BCUT2D eigenvalue weighted by Crippen LogP contribution is 0.143. The van der Waals surface area contributed by atoms with Gasteiger partial charge in [0.15, 0.2) is 0 Å². The molecule has 712 valence electrons. The van der Waals surface area contributed by atoms with Gasteiger partial charge >= 0.3 is 0 Å². The molecule has 0 fully saturated rings. The average Bonchev–Trinajstić information content (AvgIpc) is 0. The highest BCUT2D eigenvalue weighted by Gasteiger charge is 0.0104. The minimum absolute atomic E-state index is 0. The predicted octanol–water partition coefficient (Wildman–Crippen LogP) is 56.6. The Hall–Kier alpha value is 0. The maximum Gasteiger partial charge on any atom is -0.0776 e. The van der Waals surface area contributed by atoms with Gasteiger partial charge in [-0.05, 0) is 0 Å². The second-order valence-electron chi connectivity index (χ2n) is 0. The summed E-state index contributed by atoms with van der Waals surface area (Å²) >= 11 is 0. The summed E-state index contributed by atoms with van der Waals surface area (Å²) in [4.78, 5) is 0.